The van der Waals surface area contributed by atoms with Crippen LogP contribution in [0.4, 0.5) is 11.4 Å². The lowest BCUT2D eigenvalue weighted by Crippen LogP contribution is -2.17. The van der Waals surface area contributed by atoms with Gasteiger partial charge in [0, 0.05) is 23.6 Å². The Kier molecular flexibility index (Phi) is 8.76. The van der Waals surface area contributed by atoms with Crippen molar-refractivity contribution in [1.29, 1.82) is 5.26 Å². The van der Waals surface area contributed by atoms with Gasteiger partial charge in [-0.15, -0.1) is 0 Å². The molecule has 6 heteroatoms. The lowest BCUT2D eigenvalue weighted by molar-refractivity contribution is -0.112. The summed E-state index contributed by atoms with van der Waals surface area (Å²) in [5, 5.41) is 15.4. The number of nitrogens with one attached hydrogen (secondary N) is 2. The number of benzene rings is 2. The van der Waals surface area contributed by atoms with E-state index in [1.165, 1.54) is 6.20 Å². The van der Waals surface area contributed by atoms with E-state index in [2.05, 4.69) is 10.6 Å². The Morgan fingerprint density at radius 3 is 2.20 bits per heavy atom. The quantitative estimate of drug-likeness (QED) is 0.424. The minimum absolute atomic E-state index is 0.0187. The smallest absolute Gasteiger partial charge is 0.267 e. The lowest BCUT2D eigenvalue weighted by Gasteiger charge is -2.14. The molecule has 0 heterocycles. The normalized spacial score (nSPS) is 10.8. The molecule has 0 aromatic heterocycles. The van der Waals surface area contributed by atoms with Crippen molar-refractivity contribution < 1.29 is 14.3 Å². The van der Waals surface area contributed by atoms with Crippen molar-refractivity contribution >= 4 is 17.3 Å². The number of amides is 1. The third-order valence-electron chi connectivity index (χ3n) is 4.53. The molecule has 0 spiro atoms. The third-order valence-corrected chi connectivity index (χ3v) is 4.53. The molecule has 1 amide bonds. The summed E-state index contributed by atoms with van der Waals surface area (Å²) >= 11 is 0. The van der Waals surface area contributed by atoms with Gasteiger partial charge < -0.3 is 20.1 Å². The van der Waals surface area contributed by atoms with Gasteiger partial charge in [0.2, 0.25) is 0 Å². The minimum Gasteiger partial charge on any atom is -0.490 e. The number of hydrogen-bond donors (Lipinski definition) is 2. The van der Waals surface area contributed by atoms with Gasteiger partial charge in [-0.2, -0.15) is 5.26 Å². The van der Waals surface area contributed by atoms with E-state index in [4.69, 9.17) is 9.47 Å². The maximum Gasteiger partial charge on any atom is 0.267 e. The van der Waals surface area contributed by atoms with Crippen LogP contribution in [0.3, 0.4) is 0 Å². The van der Waals surface area contributed by atoms with Crippen LogP contribution in [0.25, 0.3) is 0 Å². The van der Waals surface area contributed by atoms with Crippen molar-refractivity contribution in [2.45, 2.75) is 40.5 Å². The molecule has 6 nitrogen and oxygen atoms in total. The number of carbonyl (C=O) groups is 1. The number of anilines is 2. The highest BCUT2D eigenvalue weighted by molar-refractivity contribution is 6.07. The molecule has 0 unspecified atom stereocenters. The maximum absolute atomic E-state index is 12.7. The monoisotopic (exact) mass is 407 g/mol. The predicted octanol–water partition coefficient (Wildman–Crippen LogP) is 5.07. The van der Waals surface area contributed by atoms with Crippen LogP contribution in [0.2, 0.25) is 0 Å². The molecule has 2 aromatic rings. The van der Waals surface area contributed by atoms with Gasteiger partial charge in [0.05, 0.1) is 13.2 Å². The molecular weight excluding hydrogens is 378 g/mol. The van der Waals surface area contributed by atoms with Crippen molar-refractivity contribution in [2.75, 3.05) is 23.8 Å². The number of hydrogen-bond acceptors (Lipinski definition) is 5. The molecule has 30 heavy (non-hydrogen) atoms. The maximum atomic E-state index is 12.7. The summed E-state index contributed by atoms with van der Waals surface area (Å²) < 4.78 is 11.2. The number of nitriles is 1. The number of ether oxygens (including phenoxy) is 2. The van der Waals surface area contributed by atoms with Gasteiger partial charge in [-0.1, -0.05) is 32.0 Å². The van der Waals surface area contributed by atoms with Gasteiger partial charge in [0.1, 0.15) is 11.6 Å². The van der Waals surface area contributed by atoms with Gasteiger partial charge in [-0.3, -0.25) is 4.79 Å². The van der Waals surface area contributed by atoms with E-state index in [1.807, 2.05) is 52.0 Å². The number of para-hydroxylation sites is 1. The zero-order valence-electron chi connectivity index (χ0n) is 18.0. The fourth-order valence-corrected chi connectivity index (χ4v) is 3.03. The van der Waals surface area contributed by atoms with E-state index < -0.39 is 5.91 Å². The second kappa shape index (κ2) is 11.5. The average molecular weight is 408 g/mol. The summed E-state index contributed by atoms with van der Waals surface area (Å²) in [7, 11) is 0. The Morgan fingerprint density at radius 2 is 1.63 bits per heavy atom. The SMILES string of the molecule is CCOc1ccc(N/C=C(/C#N)C(=O)Nc2c(CC)cccc2CC)cc1OCC. The summed E-state index contributed by atoms with van der Waals surface area (Å²) in [6.45, 7) is 8.91. The third kappa shape index (κ3) is 5.77. The highest BCUT2D eigenvalue weighted by atomic mass is 16.5. The molecule has 0 aliphatic rings. The van der Waals surface area contributed by atoms with Crippen LogP contribution in [-0.2, 0) is 17.6 Å². The first-order valence-corrected chi connectivity index (χ1v) is 10.3. The Morgan fingerprint density at radius 1 is 1.00 bits per heavy atom. The van der Waals surface area contributed by atoms with Gasteiger partial charge >= 0.3 is 0 Å². The zero-order chi connectivity index (χ0) is 21.9. The molecule has 2 rings (SSSR count). The van der Waals surface area contributed by atoms with Gasteiger partial charge in [-0.25, -0.2) is 0 Å². The van der Waals surface area contributed by atoms with Crippen LogP contribution in [0.15, 0.2) is 48.2 Å². The van der Waals surface area contributed by atoms with Crippen molar-refractivity contribution in [3.8, 4) is 17.6 Å². The molecule has 158 valence electrons. The van der Waals surface area contributed by atoms with Crippen molar-refractivity contribution in [2.24, 2.45) is 0 Å². The molecule has 2 N–H and O–H groups in total. The van der Waals surface area contributed by atoms with Gasteiger partial charge in [-0.05, 0) is 49.9 Å². The predicted molar refractivity (Wildman–Crippen MR) is 120 cm³/mol. The molecule has 0 radical (unpaired) electrons. The van der Waals surface area contributed by atoms with E-state index in [9.17, 15) is 10.1 Å². The second-order valence-electron chi connectivity index (χ2n) is 6.45. The summed E-state index contributed by atoms with van der Waals surface area (Å²) in [5.74, 6) is 0.803. The van der Waals surface area contributed by atoms with Crippen LogP contribution in [0.1, 0.15) is 38.8 Å². The Bertz CT molecular complexity index is 923. The molecule has 0 bridgehead atoms. The molecule has 0 fully saturated rings. The second-order valence-corrected chi connectivity index (χ2v) is 6.45. The lowest BCUT2D eigenvalue weighted by atomic mass is 10.0. The topological polar surface area (TPSA) is 83.4 Å². The van der Waals surface area contributed by atoms with Crippen molar-refractivity contribution in [3.63, 3.8) is 0 Å². The fraction of sp³-hybridized carbons (Fsp3) is 0.333. The molecule has 0 saturated carbocycles. The molecular formula is C24H29N3O3. The van der Waals surface area contributed by atoms with E-state index in [1.54, 1.807) is 18.2 Å². The number of rotatable bonds is 10. The Balaban J connectivity index is 2.21. The largest absolute Gasteiger partial charge is 0.490 e. The average Bonchev–Trinajstić information content (AvgIpc) is 2.76. The first-order valence-electron chi connectivity index (χ1n) is 10.3. The Labute approximate surface area is 178 Å². The summed E-state index contributed by atoms with van der Waals surface area (Å²) in [6.07, 6.45) is 2.99. The van der Waals surface area contributed by atoms with Gasteiger partial charge in [0.15, 0.2) is 11.5 Å². The highest BCUT2D eigenvalue weighted by Gasteiger charge is 2.14. The van der Waals surface area contributed by atoms with E-state index >= 15 is 0 Å². The van der Waals surface area contributed by atoms with Gasteiger partial charge in [0.25, 0.3) is 5.91 Å². The molecule has 0 aliphatic heterocycles. The molecule has 2 aromatic carbocycles. The fourth-order valence-electron chi connectivity index (χ4n) is 3.03. The standard InChI is InChI=1S/C24H29N3O3/c1-5-17-10-9-11-18(6-2)23(17)27-24(28)19(15-25)16-26-20-12-13-21(29-7-3)22(14-20)30-8-4/h9-14,16,26H,5-8H2,1-4H3,(H,27,28)/b19-16-. The molecule has 0 saturated heterocycles. The van der Waals surface area contributed by atoms with E-state index in [0.29, 0.717) is 30.4 Å². The van der Waals surface area contributed by atoms with Crippen LogP contribution in [0.5, 0.6) is 11.5 Å². The number of nitrogens with zero attached hydrogens (tertiary/aromatic N) is 1. The Hall–Kier alpha value is -3.46. The molecule has 0 atom stereocenters. The number of carbonyl (C=O) groups excluding carboxylic acids is 1. The first-order chi connectivity index (χ1) is 14.6. The summed E-state index contributed by atoms with van der Waals surface area (Å²) in [6, 6.07) is 13.3. The van der Waals surface area contributed by atoms with Crippen LogP contribution in [0, 0.1) is 11.3 Å². The highest BCUT2D eigenvalue weighted by Crippen LogP contribution is 2.30. The van der Waals surface area contributed by atoms with Crippen LogP contribution < -0.4 is 20.1 Å². The summed E-state index contributed by atoms with van der Waals surface area (Å²) in [4.78, 5) is 12.7. The van der Waals surface area contributed by atoms with E-state index in [-0.39, 0.29) is 5.57 Å². The molecule has 0 aliphatic carbocycles. The zero-order valence-corrected chi connectivity index (χ0v) is 18.0. The minimum atomic E-state index is -0.448. The summed E-state index contributed by atoms with van der Waals surface area (Å²) in [5.41, 5.74) is 3.54. The first kappa shape index (κ1) is 22.8. The van der Waals surface area contributed by atoms with Crippen LogP contribution >= 0.6 is 0 Å². The van der Waals surface area contributed by atoms with Crippen molar-refractivity contribution in [3.05, 3.63) is 59.3 Å². The van der Waals surface area contributed by atoms with Crippen molar-refractivity contribution in [1.82, 2.24) is 0 Å². The van der Waals surface area contributed by atoms with E-state index in [0.717, 1.165) is 29.7 Å². The van der Waals surface area contributed by atoms with Crippen LogP contribution in [-0.4, -0.2) is 19.1 Å². The number of aryl methyl sites for hydroxylation is 2.